The predicted octanol–water partition coefficient (Wildman–Crippen LogP) is 0.637. The lowest BCUT2D eigenvalue weighted by atomic mass is 10.2. The molecule has 0 unspecified atom stereocenters. The van der Waals surface area contributed by atoms with E-state index in [0.717, 1.165) is 11.2 Å². The number of hydrogen-bond donors (Lipinski definition) is 1. The minimum absolute atomic E-state index is 0.00639. The Hall–Kier alpha value is -1.89. The van der Waals surface area contributed by atoms with Gasteiger partial charge in [-0.15, -0.1) is 0 Å². The van der Waals surface area contributed by atoms with E-state index in [4.69, 9.17) is 5.11 Å². The SMILES string of the molecule is CCN(CC(=O)O)C(=O)c1ccccc1S(C)(=O)=O. The van der Waals surface area contributed by atoms with Crippen molar-refractivity contribution in [1.29, 1.82) is 0 Å². The molecule has 0 saturated heterocycles. The van der Waals surface area contributed by atoms with E-state index in [-0.39, 0.29) is 17.0 Å². The fourth-order valence-electron chi connectivity index (χ4n) is 1.63. The van der Waals surface area contributed by atoms with Crippen LogP contribution < -0.4 is 0 Å². The number of likely N-dealkylation sites (N-methyl/N-ethyl adjacent to an activating group) is 1. The molecule has 1 aromatic rings. The molecule has 0 spiro atoms. The van der Waals surface area contributed by atoms with Crippen LogP contribution in [0.15, 0.2) is 29.2 Å². The van der Waals surface area contributed by atoms with Gasteiger partial charge in [0, 0.05) is 12.8 Å². The van der Waals surface area contributed by atoms with Crippen molar-refractivity contribution < 1.29 is 23.1 Å². The molecule has 0 radical (unpaired) electrons. The van der Waals surface area contributed by atoms with Gasteiger partial charge in [0.15, 0.2) is 9.84 Å². The Morgan fingerprint density at radius 2 is 1.84 bits per heavy atom. The van der Waals surface area contributed by atoms with Gasteiger partial charge in [0.1, 0.15) is 6.54 Å². The molecule has 1 N–H and O–H groups in total. The van der Waals surface area contributed by atoms with Gasteiger partial charge in [-0.25, -0.2) is 8.42 Å². The molecule has 6 nitrogen and oxygen atoms in total. The summed E-state index contributed by atoms with van der Waals surface area (Å²) in [6.45, 7) is 1.35. The summed E-state index contributed by atoms with van der Waals surface area (Å²) < 4.78 is 23.2. The Labute approximate surface area is 111 Å². The van der Waals surface area contributed by atoms with Crippen molar-refractivity contribution in [3.63, 3.8) is 0 Å². The smallest absolute Gasteiger partial charge is 0.323 e. The van der Waals surface area contributed by atoms with Crippen molar-refractivity contribution in [2.24, 2.45) is 0 Å². The number of nitrogens with zero attached hydrogens (tertiary/aromatic N) is 1. The fourth-order valence-corrected chi connectivity index (χ4v) is 2.51. The van der Waals surface area contributed by atoms with Crippen molar-refractivity contribution >= 4 is 21.7 Å². The Balaban J connectivity index is 3.23. The van der Waals surface area contributed by atoms with E-state index >= 15 is 0 Å². The van der Waals surface area contributed by atoms with E-state index in [0.29, 0.717) is 0 Å². The molecule has 104 valence electrons. The van der Waals surface area contributed by atoms with Crippen LogP contribution in [0.4, 0.5) is 0 Å². The third-order valence-electron chi connectivity index (χ3n) is 2.51. The number of aliphatic carboxylic acids is 1. The highest BCUT2D eigenvalue weighted by Crippen LogP contribution is 2.17. The topological polar surface area (TPSA) is 91.8 Å². The third-order valence-corrected chi connectivity index (χ3v) is 3.67. The number of carbonyl (C=O) groups is 2. The van der Waals surface area contributed by atoms with Gasteiger partial charge < -0.3 is 10.0 Å². The van der Waals surface area contributed by atoms with Gasteiger partial charge in [0.2, 0.25) is 0 Å². The first-order valence-electron chi connectivity index (χ1n) is 5.57. The predicted molar refractivity (Wildman–Crippen MR) is 68.8 cm³/mol. The van der Waals surface area contributed by atoms with Gasteiger partial charge in [-0.05, 0) is 19.1 Å². The van der Waals surface area contributed by atoms with Crippen LogP contribution in [0, 0.1) is 0 Å². The van der Waals surface area contributed by atoms with Gasteiger partial charge in [-0.2, -0.15) is 0 Å². The molecule has 0 saturated carbocycles. The second kappa shape index (κ2) is 5.83. The van der Waals surface area contributed by atoms with E-state index in [1.807, 2.05) is 0 Å². The van der Waals surface area contributed by atoms with Gasteiger partial charge in [0.25, 0.3) is 5.91 Å². The Morgan fingerprint density at radius 1 is 1.26 bits per heavy atom. The molecule has 1 rings (SSSR count). The zero-order chi connectivity index (χ0) is 14.6. The lowest BCUT2D eigenvalue weighted by Gasteiger charge is -2.19. The first kappa shape index (κ1) is 15.2. The number of carbonyl (C=O) groups excluding carboxylic acids is 1. The molecular formula is C12H15NO5S. The number of hydrogen-bond acceptors (Lipinski definition) is 4. The fraction of sp³-hybridized carbons (Fsp3) is 0.333. The second-order valence-electron chi connectivity index (χ2n) is 3.98. The Morgan fingerprint density at radius 3 is 2.32 bits per heavy atom. The van der Waals surface area contributed by atoms with Crippen LogP contribution in [0.1, 0.15) is 17.3 Å². The van der Waals surface area contributed by atoms with Crippen LogP contribution in [-0.2, 0) is 14.6 Å². The van der Waals surface area contributed by atoms with Crippen molar-refractivity contribution in [3.05, 3.63) is 29.8 Å². The summed E-state index contributed by atoms with van der Waals surface area (Å²) in [7, 11) is -3.54. The minimum atomic E-state index is -3.54. The summed E-state index contributed by atoms with van der Waals surface area (Å²) in [5.74, 6) is -1.75. The molecule has 0 heterocycles. The zero-order valence-corrected chi connectivity index (χ0v) is 11.5. The van der Waals surface area contributed by atoms with Crippen LogP contribution in [0.2, 0.25) is 0 Å². The number of carboxylic acids is 1. The molecule has 1 amide bonds. The lowest BCUT2D eigenvalue weighted by molar-refractivity contribution is -0.137. The molecular weight excluding hydrogens is 270 g/mol. The molecule has 0 aliphatic heterocycles. The highest BCUT2D eigenvalue weighted by atomic mass is 32.2. The van der Waals surface area contributed by atoms with Crippen LogP contribution in [0.5, 0.6) is 0 Å². The summed E-state index contributed by atoms with van der Waals surface area (Å²) in [5, 5.41) is 8.73. The standard InChI is InChI=1S/C12H15NO5S/c1-3-13(8-11(14)15)12(16)9-6-4-5-7-10(9)19(2,17)18/h4-7H,3,8H2,1-2H3,(H,14,15). The summed E-state index contributed by atoms with van der Waals surface area (Å²) in [6, 6.07) is 5.76. The normalized spacial score (nSPS) is 11.1. The highest BCUT2D eigenvalue weighted by molar-refractivity contribution is 7.90. The van der Waals surface area contributed by atoms with Crippen LogP contribution in [-0.4, -0.2) is 49.6 Å². The van der Waals surface area contributed by atoms with Crippen molar-refractivity contribution in [1.82, 2.24) is 4.90 Å². The first-order chi connectivity index (χ1) is 8.77. The minimum Gasteiger partial charge on any atom is -0.480 e. The van der Waals surface area contributed by atoms with Gasteiger partial charge >= 0.3 is 5.97 Å². The largest absolute Gasteiger partial charge is 0.480 e. The van der Waals surface area contributed by atoms with E-state index < -0.39 is 28.3 Å². The summed E-state index contributed by atoms with van der Waals surface area (Å²) >= 11 is 0. The molecule has 0 atom stereocenters. The number of carboxylic acid groups (broad SMARTS) is 1. The maximum Gasteiger partial charge on any atom is 0.323 e. The van der Waals surface area contributed by atoms with Gasteiger partial charge in [0.05, 0.1) is 10.5 Å². The van der Waals surface area contributed by atoms with Gasteiger partial charge in [-0.1, -0.05) is 12.1 Å². The average Bonchev–Trinajstić information content (AvgIpc) is 2.34. The van der Waals surface area contributed by atoms with E-state index in [9.17, 15) is 18.0 Å². The maximum absolute atomic E-state index is 12.2. The average molecular weight is 285 g/mol. The quantitative estimate of drug-likeness (QED) is 0.857. The molecule has 0 aliphatic rings. The molecule has 0 aliphatic carbocycles. The maximum atomic E-state index is 12.2. The number of amides is 1. The van der Waals surface area contributed by atoms with Crippen molar-refractivity contribution in [3.8, 4) is 0 Å². The monoisotopic (exact) mass is 285 g/mol. The number of benzene rings is 1. The number of sulfone groups is 1. The Kier molecular flexibility index (Phi) is 4.66. The highest BCUT2D eigenvalue weighted by Gasteiger charge is 2.23. The van der Waals surface area contributed by atoms with Crippen LogP contribution in [0.25, 0.3) is 0 Å². The molecule has 0 bridgehead atoms. The van der Waals surface area contributed by atoms with Crippen molar-refractivity contribution in [2.45, 2.75) is 11.8 Å². The number of rotatable bonds is 5. The molecule has 0 aromatic heterocycles. The molecule has 1 aromatic carbocycles. The molecule has 19 heavy (non-hydrogen) atoms. The third kappa shape index (κ3) is 3.78. The van der Waals surface area contributed by atoms with Gasteiger partial charge in [-0.3, -0.25) is 9.59 Å². The summed E-state index contributed by atoms with van der Waals surface area (Å²) in [5.41, 5.74) is -0.00639. The zero-order valence-electron chi connectivity index (χ0n) is 10.7. The van der Waals surface area contributed by atoms with Crippen LogP contribution >= 0.6 is 0 Å². The lowest BCUT2D eigenvalue weighted by Crippen LogP contribution is -2.36. The molecule has 7 heteroatoms. The first-order valence-corrected chi connectivity index (χ1v) is 7.46. The summed E-state index contributed by atoms with van der Waals surface area (Å²) in [6.07, 6.45) is 1.01. The van der Waals surface area contributed by atoms with E-state index in [1.54, 1.807) is 6.92 Å². The van der Waals surface area contributed by atoms with E-state index in [1.165, 1.54) is 24.3 Å². The Bertz CT molecular complexity index is 594. The van der Waals surface area contributed by atoms with Crippen LogP contribution in [0.3, 0.4) is 0 Å². The van der Waals surface area contributed by atoms with Crippen molar-refractivity contribution in [2.75, 3.05) is 19.3 Å². The summed E-state index contributed by atoms with van der Waals surface area (Å²) in [4.78, 5) is 23.8. The molecule has 0 fully saturated rings. The second-order valence-corrected chi connectivity index (χ2v) is 5.97. The van der Waals surface area contributed by atoms with E-state index in [2.05, 4.69) is 0 Å².